The van der Waals surface area contributed by atoms with Crippen LogP contribution in [-0.2, 0) is 19.6 Å². The number of ether oxygens (including phenoxy) is 1. The Hall–Kier alpha value is -0.730. The second kappa shape index (κ2) is 6.87. The van der Waals surface area contributed by atoms with E-state index in [1.807, 2.05) is 6.92 Å². The molecule has 0 aliphatic heterocycles. The molecule has 0 aromatic heterocycles. The number of rotatable bonds is 7. The Morgan fingerprint density at radius 1 is 1.53 bits per heavy atom. The summed E-state index contributed by atoms with van der Waals surface area (Å²) in [7, 11) is -2.70. The van der Waals surface area contributed by atoms with Gasteiger partial charge in [0.25, 0.3) is 0 Å². The molecule has 0 bridgehead atoms. The second-order valence-corrected chi connectivity index (χ2v) is 6.08. The van der Waals surface area contributed by atoms with Crippen molar-refractivity contribution in [2.45, 2.75) is 38.0 Å². The van der Waals surface area contributed by atoms with Gasteiger partial charge in [0.1, 0.15) is 0 Å². The Morgan fingerprint density at radius 2 is 2.06 bits per heavy atom. The van der Waals surface area contributed by atoms with Gasteiger partial charge in [0, 0.05) is 0 Å². The van der Waals surface area contributed by atoms with Crippen LogP contribution in [0.5, 0.6) is 0 Å². The Kier molecular flexibility index (Phi) is 6.58. The zero-order chi connectivity index (χ0) is 13.6. The molecule has 0 rings (SSSR count). The zero-order valence-electron chi connectivity index (χ0n) is 10.1. The van der Waals surface area contributed by atoms with Crippen LogP contribution in [0.2, 0.25) is 0 Å². The standard InChI is InChI=1S/C9H18N2O4S2/c1-4-5-7(8(10)16)11-17(13,14)6(2)9(12)15-3/h6-7,11H,4-5H2,1-3H3,(H2,10,16). The number of methoxy groups -OCH3 is 1. The highest BCUT2D eigenvalue weighted by atomic mass is 32.2. The predicted molar refractivity (Wildman–Crippen MR) is 69.0 cm³/mol. The average molecular weight is 282 g/mol. The molecule has 0 saturated heterocycles. The van der Waals surface area contributed by atoms with E-state index in [1.54, 1.807) is 0 Å². The van der Waals surface area contributed by atoms with E-state index >= 15 is 0 Å². The maximum atomic E-state index is 11.8. The van der Waals surface area contributed by atoms with Gasteiger partial charge in [0.2, 0.25) is 10.0 Å². The van der Waals surface area contributed by atoms with Crippen LogP contribution in [0.1, 0.15) is 26.7 Å². The molecule has 0 spiro atoms. The lowest BCUT2D eigenvalue weighted by Crippen LogP contribution is -2.48. The molecule has 2 unspecified atom stereocenters. The molecule has 0 aliphatic rings. The van der Waals surface area contributed by atoms with Crippen LogP contribution >= 0.6 is 12.2 Å². The Balaban J connectivity index is 4.83. The first-order valence-electron chi connectivity index (χ1n) is 5.14. The van der Waals surface area contributed by atoms with Gasteiger partial charge in [-0.3, -0.25) is 4.79 Å². The van der Waals surface area contributed by atoms with Crippen molar-refractivity contribution in [1.82, 2.24) is 4.72 Å². The molecule has 2 atom stereocenters. The Morgan fingerprint density at radius 3 is 2.41 bits per heavy atom. The van der Waals surface area contributed by atoms with E-state index in [-0.39, 0.29) is 4.99 Å². The maximum Gasteiger partial charge on any atom is 0.325 e. The third kappa shape index (κ3) is 4.97. The van der Waals surface area contributed by atoms with E-state index < -0.39 is 27.3 Å². The Bertz CT molecular complexity index is 380. The van der Waals surface area contributed by atoms with Crippen LogP contribution in [0.15, 0.2) is 0 Å². The van der Waals surface area contributed by atoms with Gasteiger partial charge >= 0.3 is 5.97 Å². The van der Waals surface area contributed by atoms with Gasteiger partial charge in [-0.25, -0.2) is 13.1 Å². The van der Waals surface area contributed by atoms with Crippen molar-refractivity contribution in [1.29, 1.82) is 0 Å². The van der Waals surface area contributed by atoms with Gasteiger partial charge in [-0.1, -0.05) is 25.6 Å². The molecule has 0 amide bonds. The van der Waals surface area contributed by atoms with Crippen molar-refractivity contribution >= 4 is 33.2 Å². The number of nitrogens with two attached hydrogens (primary N) is 1. The van der Waals surface area contributed by atoms with E-state index in [2.05, 4.69) is 9.46 Å². The predicted octanol–water partition coefficient (Wildman–Crippen LogP) is -0.0779. The molecule has 8 heteroatoms. The minimum Gasteiger partial charge on any atom is -0.468 e. The largest absolute Gasteiger partial charge is 0.468 e. The molecule has 0 aromatic rings. The molecule has 17 heavy (non-hydrogen) atoms. The minimum absolute atomic E-state index is 0.0625. The summed E-state index contributed by atoms with van der Waals surface area (Å²) in [5.41, 5.74) is 5.43. The quantitative estimate of drug-likeness (QED) is 0.501. The van der Waals surface area contributed by atoms with Gasteiger partial charge in [0.15, 0.2) is 5.25 Å². The fraction of sp³-hybridized carbons (Fsp3) is 0.778. The summed E-state index contributed by atoms with van der Waals surface area (Å²) in [6, 6.07) is -0.632. The normalized spacial score (nSPS) is 15.0. The van der Waals surface area contributed by atoms with Crippen LogP contribution < -0.4 is 10.5 Å². The highest BCUT2D eigenvalue weighted by Crippen LogP contribution is 2.05. The van der Waals surface area contributed by atoms with Gasteiger partial charge in [-0.15, -0.1) is 0 Å². The number of hydrogen-bond donors (Lipinski definition) is 2. The fourth-order valence-corrected chi connectivity index (χ4v) is 2.59. The second-order valence-electron chi connectivity index (χ2n) is 3.57. The van der Waals surface area contributed by atoms with E-state index in [9.17, 15) is 13.2 Å². The SMILES string of the molecule is CCCC(NS(=O)(=O)C(C)C(=O)OC)C(N)=S. The number of carbonyl (C=O) groups is 1. The van der Waals surface area contributed by atoms with Crippen LogP contribution in [-0.4, -0.2) is 37.8 Å². The highest BCUT2D eigenvalue weighted by Gasteiger charge is 2.31. The molecule has 0 heterocycles. The summed E-state index contributed by atoms with van der Waals surface area (Å²) in [4.78, 5) is 11.2. The molecular formula is C9H18N2O4S2. The molecule has 0 aromatic carbocycles. The summed E-state index contributed by atoms with van der Waals surface area (Å²) >= 11 is 4.77. The van der Waals surface area contributed by atoms with E-state index in [0.717, 1.165) is 13.5 Å². The first-order chi connectivity index (χ1) is 7.76. The monoisotopic (exact) mass is 282 g/mol. The van der Waals surface area contributed by atoms with Crippen molar-refractivity contribution in [3.8, 4) is 0 Å². The Labute approximate surface area is 107 Å². The molecule has 0 saturated carbocycles. The number of hydrogen-bond acceptors (Lipinski definition) is 5. The first-order valence-corrected chi connectivity index (χ1v) is 7.10. The summed E-state index contributed by atoms with van der Waals surface area (Å²) < 4.78 is 30.3. The molecule has 0 fully saturated rings. The summed E-state index contributed by atoms with van der Waals surface area (Å²) in [5, 5.41) is -1.29. The highest BCUT2D eigenvalue weighted by molar-refractivity contribution is 7.91. The molecule has 6 nitrogen and oxygen atoms in total. The van der Waals surface area contributed by atoms with E-state index in [0.29, 0.717) is 6.42 Å². The molecular weight excluding hydrogens is 264 g/mol. The fourth-order valence-electron chi connectivity index (χ4n) is 1.14. The van der Waals surface area contributed by atoms with Gasteiger partial charge in [-0.05, 0) is 13.3 Å². The lowest BCUT2D eigenvalue weighted by atomic mass is 10.2. The third-order valence-corrected chi connectivity index (χ3v) is 4.25. The van der Waals surface area contributed by atoms with Crippen LogP contribution in [0, 0.1) is 0 Å². The van der Waals surface area contributed by atoms with E-state index in [1.165, 1.54) is 6.92 Å². The average Bonchev–Trinajstić information content (AvgIpc) is 2.26. The molecule has 0 aliphatic carbocycles. The number of nitrogens with one attached hydrogen (secondary N) is 1. The van der Waals surface area contributed by atoms with Crippen molar-refractivity contribution in [3.05, 3.63) is 0 Å². The van der Waals surface area contributed by atoms with Gasteiger partial charge < -0.3 is 10.5 Å². The minimum atomic E-state index is -3.83. The van der Waals surface area contributed by atoms with Gasteiger partial charge in [0.05, 0.1) is 18.1 Å². The smallest absolute Gasteiger partial charge is 0.325 e. The number of sulfonamides is 1. The maximum absolute atomic E-state index is 11.8. The number of esters is 1. The first kappa shape index (κ1) is 16.3. The third-order valence-electron chi connectivity index (χ3n) is 2.23. The summed E-state index contributed by atoms with van der Waals surface area (Å²) in [6.45, 7) is 3.13. The van der Waals surface area contributed by atoms with Crippen molar-refractivity contribution in [2.24, 2.45) is 5.73 Å². The summed E-state index contributed by atoms with van der Waals surface area (Å²) in [6.07, 6.45) is 1.21. The van der Waals surface area contributed by atoms with E-state index in [4.69, 9.17) is 18.0 Å². The number of carbonyl (C=O) groups excluding carboxylic acids is 1. The summed E-state index contributed by atoms with van der Waals surface area (Å²) in [5.74, 6) is -0.823. The van der Waals surface area contributed by atoms with Crippen LogP contribution in [0.25, 0.3) is 0 Å². The molecule has 3 N–H and O–H groups in total. The molecule has 100 valence electrons. The lowest BCUT2D eigenvalue weighted by Gasteiger charge is -2.19. The van der Waals surface area contributed by atoms with Crippen LogP contribution in [0.4, 0.5) is 0 Å². The van der Waals surface area contributed by atoms with Crippen molar-refractivity contribution in [2.75, 3.05) is 7.11 Å². The van der Waals surface area contributed by atoms with Crippen molar-refractivity contribution in [3.63, 3.8) is 0 Å². The number of thiocarbonyl (C=S) groups is 1. The zero-order valence-corrected chi connectivity index (χ0v) is 11.7. The van der Waals surface area contributed by atoms with Crippen LogP contribution in [0.3, 0.4) is 0 Å². The topological polar surface area (TPSA) is 98.5 Å². The van der Waals surface area contributed by atoms with Crippen molar-refractivity contribution < 1.29 is 17.9 Å². The lowest BCUT2D eigenvalue weighted by molar-refractivity contribution is -0.139. The van der Waals surface area contributed by atoms with Gasteiger partial charge in [-0.2, -0.15) is 0 Å². The molecule has 0 radical (unpaired) electrons.